The molecule has 0 aromatic heterocycles. The van der Waals surface area contributed by atoms with Crippen LogP contribution in [0.5, 0.6) is 0 Å². The van der Waals surface area contributed by atoms with Gasteiger partial charge in [-0.25, -0.2) is 12.7 Å². The Labute approximate surface area is 106 Å². The third-order valence-corrected chi connectivity index (χ3v) is 8.70. The first-order chi connectivity index (χ1) is 7.31. The van der Waals surface area contributed by atoms with Crippen LogP contribution in [0.3, 0.4) is 0 Å². The molecule has 0 radical (unpaired) electrons. The van der Waals surface area contributed by atoms with E-state index >= 15 is 0 Å². The molecule has 1 aliphatic heterocycles. The van der Waals surface area contributed by atoms with Gasteiger partial charge in [-0.3, -0.25) is 0 Å². The Morgan fingerprint density at radius 2 is 1.53 bits per heavy atom. The van der Waals surface area contributed by atoms with Crippen LogP contribution >= 0.6 is 0 Å². The van der Waals surface area contributed by atoms with Crippen LogP contribution in [0.4, 0.5) is 0 Å². The van der Waals surface area contributed by atoms with Gasteiger partial charge in [0, 0.05) is 19.6 Å². The van der Waals surface area contributed by atoms with Crippen molar-refractivity contribution in [3.8, 4) is 0 Å². The maximum Gasteiger partial charge on any atom is 0.261 e. The minimum absolute atomic E-state index is 0.401. The summed E-state index contributed by atoms with van der Waals surface area (Å²) in [6, 6.07) is 0. The van der Waals surface area contributed by atoms with Crippen molar-refractivity contribution in [3.63, 3.8) is 0 Å². The van der Waals surface area contributed by atoms with Gasteiger partial charge in [-0.1, -0.05) is 19.6 Å². The predicted molar refractivity (Wildman–Crippen MR) is 74.6 cm³/mol. The third-order valence-electron chi connectivity index (χ3n) is 2.61. The van der Waals surface area contributed by atoms with Crippen LogP contribution in [-0.4, -0.2) is 45.3 Å². The predicted octanol–water partition coefficient (Wildman–Crippen LogP) is 2.04. The Hall–Kier alpha value is -0.493. The number of hydrogen-bond acceptors (Lipinski definition) is 3. The zero-order chi connectivity index (χ0) is 13.8. The summed E-state index contributed by atoms with van der Waals surface area (Å²) in [5.41, 5.74) is -0.401. The molecule has 1 aliphatic rings. The summed E-state index contributed by atoms with van der Waals surface area (Å²) in [6.45, 7) is 12.0. The zero-order valence-electron chi connectivity index (χ0n) is 12.1. The number of nitrogens with zero attached hydrogens (tertiary/aromatic N) is 2. The summed E-state index contributed by atoms with van der Waals surface area (Å²) in [7, 11) is -1.28. The molecule has 0 N–H and O–H groups in total. The van der Waals surface area contributed by atoms with E-state index in [1.165, 1.54) is 0 Å². The van der Waals surface area contributed by atoms with Crippen molar-refractivity contribution in [2.24, 2.45) is 0 Å². The zero-order valence-corrected chi connectivity index (χ0v) is 13.9. The van der Waals surface area contributed by atoms with E-state index in [0.717, 1.165) is 5.82 Å². The second-order valence-electron chi connectivity index (χ2n) is 6.74. The van der Waals surface area contributed by atoms with Crippen molar-refractivity contribution in [2.75, 3.05) is 14.1 Å². The molecule has 0 amide bonds. The highest BCUT2D eigenvalue weighted by Gasteiger charge is 2.53. The van der Waals surface area contributed by atoms with Crippen molar-refractivity contribution in [1.29, 1.82) is 0 Å². The molecule has 0 fully saturated rings. The molecule has 6 heteroatoms. The third kappa shape index (κ3) is 2.24. The summed E-state index contributed by atoms with van der Waals surface area (Å²) in [4.78, 5) is 1.92. The van der Waals surface area contributed by atoms with Crippen LogP contribution in [0.15, 0.2) is 10.3 Å². The van der Waals surface area contributed by atoms with E-state index in [-0.39, 0.29) is 0 Å². The fraction of sp³-hybridized carbons (Fsp3) is 0.818. The van der Waals surface area contributed by atoms with E-state index in [1.54, 1.807) is 4.31 Å². The SMILES string of the molecule is CN(C)C1=C([Si](C)(C)C)S(=O)(=O)N1C(C)(C)C. The van der Waals surface area contributed by atoms with E-state index < -0.39 is 23.6 Å². The summed E-state index contributed by atoms with van der Waals surface area (Å²) in [5.74, 6) is 0.872. The summed E-state index contributed by atoms with van der Waals surface area (Å²) in [6.07, 6.45) is 0. The number of rotatable bonds is 2. The summed E-state index contributed by atoms with van der Waals surface area (Å²) in [5, 5.41) is 0. The van der Waals surface area contributed by atoms with Gasteiger partial charge in [0.05, 0.1) is 12.6 Å². The standard InChI is InChI=1S/C11H24N2O2SSi/c1-11(2,3)13-9(12(4)5)10(16(13,14)15)17(6,7)8/h1-8H3. The van der Waals surface area contributed by atoms with Crippen LogP contribution < -0.4 is 0 Å². The van der Waals surface area contributed by atoms with E-state index in [4.69, 9.17) is 0 Å². The van der Waals surface area contributed by atoms with E-state index in [2.05, 4.69) is 19.6 Å². The lowest BCUT2D eigenvalue weighted by Crippen LogP contribution is -2.59. The van der Waals surface area contributed by atoms with Crippen molar-refractivity contribution in [3.05, 3.63) is 10.3 Å². The lowest BCUT2D eigenvalue weighted by atomic mass is 10.1. The highest BCUT2D eigenvalue weighted by Crippen LogP contribution is 2.44. The van der Waals surface area contributed by atoms with Gasteiger partial charge in [-0.15, -0.1) is 0 Å². The molecule has 0 aromatic carbocycles. The Bertz CT molecular complexity index is 453. The normalized spacial score (nSPS) is 20.4. The minimum atomic E-state index is -3.24. The molecule has 0 bridgehead atoms. The van der Waals surface area contributed by atoms with E-state index in [9.17, 15) is 8.42 Å². The van der Waals surface area contributed by atoms with Crippen molar-refractivity contribution < 1.29 is 8.42 Å². The minimum Gasteiger partial charge on any atom is -0.363 e. The Balaban J connectivity index is 3.49. The van der Waals surface area contributed by atoms with Gasteiger partial charge >= 0.3 is 0 Å². The van der Waals surface area contributed by atoms with Gasteiger partial charge in [0.2, 0.25) is 0 Å². The lowest BCUT2D eigenvalue weighted by Gasteiger charge is -2.50. The van der Waals surface area contributed by atoms with E-state index in [1.807, 2.05) is 39.8 Å². The van der Waals surface area contributed by atoms with Gasteiger partial charge in [-0.05, 0) is 20.8 Å². The molecule has 0 atom stereocenters. The molecule has 17 heavy (non-hydrogen) atoms. The van der Waals surface area contributed by atoms with Crippen LogP contribution in [0.1, 0.15) is 20.8 Å². The first-order valence-corrected chi connectivity index (χ1v) is 10.7. The Kier molecular flexibility index (Phi) is 3.21. The van der Waals surface area contributed by atoms with Crippen molar-refractivity contribution >= 4 is 18.1 Å². The van der Waals surface area contributed by atoms with Gasteiger partial charge in [0.15, 0.2) is 0 Å². The van der Waals surface area contributed by atoms with Crippen LogP contribution in [-0.2, 0) is 10.0 Å². The Morgan fingerprint density at radius 1 is 1.12 bits per heavy atom. The molecule has 4 nitrogen and oxygen atoms in total. The van der Waals surface area contributed by atoms with Gasteiger partial charge < -0.3 is 4.90 Å². The maximum absolute atomic E-state index is 12.4. The molecule has 0 saturated heterocycles. The summed E-state index contributed by atoms with van der Waals surface area (Å²) >= 11 is 0. The summed E-state index contributed by atoms with van der Waals surface area (Å²) < 4.78 is 27.1. The molecule has 0 saturated carbocycles. The highest BCUT2D eigenvalue weighted by molar-refractivity contribution is 7.97. The fourth-order valence-electron chi connectivity index (χ4n) is 2.16. The smallest absolute Gasteiger partial charge is 0.261 e. The number of sulfonamides is 1. The quantitative estimate of drug-likeness (QED) is 0.725. The maximum atomic E-state index is 12.4. The molecule has 1 rings (SSSR count). The molecular formula is C11H24N2O2SSi. The number of hydrogen-bond donors (Lipinski definition) is 0. The van der Waals surface area contributed by atoms with Crippen LogP contribution in [0, 0.1) is 0 Å². The molecule has 0 aliphatic carbocycles. The lowest BCUT2D eigenvalue weighted by molar-refractivity contribution is 0.226. The second-order valence-corrected chi connectivity index (χ2v) is 13.8. The molecule has 100 valence electrons. The first kappa shape index (κ1) is 14.6. The fourth-order valence-corrected chi connectivity index (χ4v) is 8.37. The molecule has 1 heterocycles. The van der Waals surface area contributed by atoms with Crippen molar-refractivity contribution in [2.45, 2.75) is 46.0 Å². The molecular weight excluding hydrogens is 252 g/mol. The van der Waals surface area contributed by atoms with Crippen LogP contribution in [0.2, 0.25) is 19.6 Å². The average molecular weight is 276 g/mol. The van der Waals surface area contributed by atoms with Gasteiger partial charge in [-0.2, -0.15) is 0 Å². The molecule has 0 aromatic rings. The monoisotopic (exact) mass is 276 g/mol. The first-order valence-electron chi connectivity index (χ1n) is 5.79. The van der Waals surface area contributed by atoms with Gasteiger partial charge in [0.25, 0.3) is 10.0 Å². The largest absolute Gasteiger partial charge is 0.363 e. The van der Waals surface area contributed by atoms with Crippen LogP contribution in [0.25, 0.3) is 0 Å². The van der Waals surface area contributed by atoms with Gasteiger partial charge in [0.1, 0.15) is 5.82 Å². The average Bonchev–Trinajstić information content (AvgIpc) is 1.93. The molecule has 0 spiro atoms. The Morgan fingerprint density at radius 3 is 1.76 bits per heavy atom. The van der Waals surface area contributed by atoms with Crippen molar-refractivity contribution in [1.82, 2.24) is 9.21 Å². The topological polar surface area (TPSA) is 40.6 Å². The molecule has 0 unspecified atom stereocenters. The highest BCUT2D eigenvalue weighted by atomic mass is 32.2. The van der Waals surface area contributed by atoms with E-state index in [0.29, 0.717) is 4.53 Å². The second kappa shape index (κ2) is 3.75.